The zero-order valence-corrected chi connectivity index (χ0v) is 16.5. The number of likely N-dealkylation sites (tertiary alicyclic amines) is 3. The van der Waals surface area contributed by atoms with Gasteiger partial charge in [-0.2, -0.15) is 0 Å². The molecule has 1 atom stereocenters. The molecular weight excluding hydrogens is 340 g/mol. The maximum absolute atomic E-state index is 13.3. The fraction of sp³-hybridized carbons (Fsp3) is 0.667. The number of rotatable bonds is 3. The Labute approximate surface area is 161 Å². The molecule has 6 nitrogen and oxygen atoms in total. The van der Waals surface area contributed by atoms with E-state index in [2.05, 4.69) is 22.9 Å². The predicted molar refractivity (Wildman–Crippen MR) is 103 cm³/mol. The van der Waals surface area contributed by atoms with Crippen molar-refractivity contribution in [1.29, 1.82) is 0 Å². The number of carbonyl (C=O) groups is 2. The van der Waals surface area contributed by atoms with Crippen molar-refractivity contribution in [2.45, 2.75) is 39.7 Å². The van der Waals surface area contributed by atoms with E-state index in [4.69, 9.17) is 0 Å². The molecule has 2 amide bonds. The topological polar surface area (TPSA) is 56.8 Å². The predicted octanol–water partition coefficient (Wildman–Crippen LogP) is 1.76. The largest absolute Gasteiger partial charge is 0.342 e. The average molecular weight is 370 g/mol. The van der Waals surface area contributed by atoms with Gasteiger partial charge in [0, 0.05) is 57.5 Å². The number of aromatic nitrogens is 1. The number of hydrogen-bond acceptors (Lipinski definition) is 4. The summed E-state index contributed by atoms with van der Waals surface area (Å²) >= 11 is 0. The molecule has 0 bridgehead atoms. The van der Waals surface area contributed by atoms with Crippen LogP contribution in [0, 0.1) is 10.8 Å². The SMILES string of the molecule is CCN1CC[C@]2(CN(C(C)=O)CC23CCN(Cc2cccnc2)CC3)C1=O. The van der Waals surface area contributed by atoms with Gasteiger partial charge in [-0.3, -0.25) is 19.5 Å². The Morgan fingerprint density at radius 2 is 1.96 bits per heavy atom. The van der Waals surface area contributed by atoms with E-state index in [1.807, 2.05) is 22.1 Å². The van der Waals surface area contributed by atoms with Gasteiger partial charge in [-0.25, -0.2) is 0 Å². The molecule has 3 fully saturated rings. The van der Waals surface area contributed by atoms with Crippen molar-refractivity contribution in [3.8, 4) is 0 Å². The summed E-state index contributed by atoms with van der Waals surface area (Å²) in [4.78, 5) is 36.1. The molecule has 0 aliphatic carbocycles. The second-order valence-electron chi connectivity index (χ2n) is 8.51. The van der Waals surface area contributed by atoms with Crippen molar-refractivity contribution in [3.05, 3.63) is 30.1 Å². The van der Waals surface area contributed by atoms with E-state index in [0.29, 0.717) is 6.54 Å². The van der Waals surface area contributed by atoms with Gasteiger partial charge in [0.15, 0.2) is 0 Å². The molecule has 146 valence electrons. The van der Waals surface area contributed by atoms with Crippen molar-refractivity contribution < 1.29 is 9.59 Å². The van der Waals surface area contributed by atoms with Crippen LogP contribution < -0.4 is 0 Å². The standard InChI is InChI=1S/C21H30N4O2/c1-3-24-12-8-21(19(24)27)16-25(17(2)26)15-20(21)6-10-23(11-7-20)14-18-5-4-9-22-13-18/h4-5,9,13H,3,6-8,10-12,14-16H2,1-2H3/t21-/m0/s1. The molecule has 0 aromatic carbocycles. The first kappa shape index (κ1) is 18.4. The fourth-order valence-corrected chi connectivity index (χ4v) is 5.59. The minimum absolute atomic E-state index is 0.0644. The highest BCUT2D eigenvalue weighted by Gasteiger charge is 2.65. The Kier molecular flexibility index (Phi) is 4.70. The van der Waals surface area contributed by atoms with Gasteiger partial charge in [0.1, 0.15) is 0 Å². The highest BCUT2D eigenvalue weighted by Crippen LogP contribution is 2.57. The molecule has 0 N–H and O–H groups in total. The number of amides is 2. The van der Waals surface area contributed by atoms with Crippen molar-refractivity contribution in [2.75, 3.05) is 39.3 Å². The van der Waals surface area contributed by atoms with E-state index in [9.17, 15) is 9.59 Å². The van der Waals surface area contributed by atoms with Gasteiger partial charge in [-0.1, -0.05) is 6.07 Å². The third-order valence-corrected chi connectivity index (χ3v) is 7.24. The van der Waals surface area contributed by atoms with Crippen LogP contribution in [-0.2, 0) is 16.1 Å². The fourth-order valence-electron chi connectivity index (χ4n) is 5.59. The molecule has 27 heavy (non-hydrogen) atoms. The number of carbonyl (C=O) groups excluding carboxylic acids is 2. The van der Waals surface area contributed by atoms with E-state index in [1.54, 1.807) is 13.1 Å². The molecule has 1 aromatic heterocycles. The Bertz CT molecular complexity index is 714. The van der Waals surface area contributed by atoms with Crippen LogP contribution in [0.15, 0.2) is 24.5 Å². The molecule has 6 heteroatoms. The van der Waals surface area contributed by atoms with Crippen molar-refractivity contribution in [1.82, 2.24) is 19.7 Å². The first-order chi connectivity index (χ1) is 13.0. The van der Waals surface area contributed by atoms with E-state index in [-0.39, 0.29) is 22.6 Å². The lowest BCUT2D eigenvalue weighted by Crippen LogP contribution is -2.52. The number of pyridine rings is 1. The molecule has 0 saturated carbocycles. The summed E-state index contributed by atoms with van der Waals surface area (Å²) in [5.74, 6) is 0.390. The van der Waals surface area contributed by atoms with E-state index >= 15 is 0 Å². The van der Waals surface area contributed by atoms with Gasteiger partial charge >= 0.3 is 0 Å². The first-order valence-electron chi connectivity index (χ1n) is 10.2. The highest BCUT2D eigenvalue weighted by atomic mass is 16.2. The maximum atomic E-state index is 13.3. The van der Waals surface area contributed by atoms with Crippen LogP contribution in [-0.4, -0.2) is 70.8 Å². The third kappa shape index (κ3) is 2.94. The molecule has 4 heterocycles. The molecule has 1 aromatic rings. The molecule has 2 spiro atoms. The summed E-state index contributed by atoms with van der Waals surface area (Å²) in [6.45, 7) is 9.50. The van der Waals surface area contributed by atoms with Gasteiger partial charge in [0.05, 0.1) is 5.41 Å². The first-order valence-corrected chi connectivity index (χ1v) is 10.2. The number of hydrogen-bond donors (Lipinski definition) is 0. The van der Waals surface area contributed by atoms with Gasteiger partial charge in [-0.15, -0.1) is 0 Å². The lowest BCUT2D eigenvalue weighted by molar-refractivity contribution is -0.142. The zero-order valence-electron chi connectivity index (χ0n) is 16.5. The summed E-state index contributed by atoms with van der Waals surface area (Å²) in [7, 11) is 0. The monoisotopic (exact) mass is 370 g/mol. The van der Waals surface area contributed by atoms with Crippen LogP contribution in [0.3, 0.4) is 0 Å². The quantitative estimate of drug-likeness (QED) is 0.814. The lowest BCUT2D eigenvalue weighted by atomic mass is 9.60. The smallest absolute Gasteiger partial charge is 0.231 e. The third-order valence-electron chi connectivity index (χ3n) is 7.24. The molecule has 3 aliphatic rings. The second kappa shape index (κ2) is 6.89. The Morgan fingerprint density at radius 1 is 1.19 bits per heavy atom. The number of piperidine rings is 1. The summed E-state index contributed by atoms with van der Waals surface area (Å²) < 4.78 is 0. The molecule has 3 aliphatic heterocycles. The normalized spacial score (nSPS) is 27.9. The van der Waals surface area contributed by atoms with Crippen molar-refractivity contribution in [2.24, 2.45) is 10.8 Å². The van der Waals surface area contributed by atoms with Crippen molar-refractivity contribution in [3.63, 3.8) is 0 Å². The van der Waals surface area contributed by atoms with Crippen LogP contribution in [0.25, 0.3) is 0 Å². The molecule has 4 rings (SSSR count). The van der Waals surface area contributed by atoms with E-state index < -0.39 is 0 Å². The number of fused-ring (bicyclic) bond motifs is 1. The van der Waals surface area contributed by atoms with Gasteiger partial charge in [0.2, 0.25) is 11.8 Å². The molecule has 0 radical (unpaired) electrons. The average Bonchev–Trinajstić information content (AvgIpc) is 3.17. The van der Waals surface area contributed by atoms with Gasteiger partial charge in [-0.05, 0) is 50.9 Å². The second-order valence-corrected chi connectivity index (χ2v) is 8.51. The Morgan fingerprint density at radius 3 is 2.56 bits per heavy atom. The minimum Gasteiger partial charge on any atom is -0.342 e. The van der Waals surface area contributed by atoms with Gasteiger partial charge in [0.25, 0.3) is 0 Å². The van der Waals surface area contributed by atoms with Crippen molar-refractivity contribution >= 4 is 11.8 Å². The molecule has 3 saturated heterocycles. The lowest BCUT2D eigenvalue weighted by Gasteiger charge is -2.46. The number of nitrogens with zero attached hydrogens (tertiary/aromatic N) is 4. The van der Waals surface area contributed by atoms with Gasteiger partial charge < -0.3 is 9.80 Å². The maximum Gasteiger partial charge on any atom is 0.231 e. The van der Waals surface area contributed by atoms with Crippen LogP contribution in [0.4, 0.5) is 0 Å². The van der Waals surface area contributed by atoms with Crippen LogP contribution in [0.1, 0.15) is 38.7 Å². The molecular formula is C21H30N4O2. The minimum atomic E-state index is -0.366. The zero-order chi connectivity index (χ0) is 19.1. The summed E-state index contributed by atoms with van der Waals surface area (Å²) in [6, 6.07) is 4.10. The van der Waals surface area contributed by atoms with Crippen LogP contribution in [0.2, 0.25) is 0 Å². The van der Waals surface area contributed by atoms with E-state index in [1.165, 1.54) is 5.56 Å². The Hall–Kier alpha value is -1.95. The summed E-state index contributed by atoms with van der Waals surface area (Å²) in [5.41, 5.74) is 0.800. The molecule has 0 unspecified atom stereocenters. The Balaban J connectivity index is 1.54. The summed E-state index contributed by atoms with van der Waals surface area (Å²) in [5, 5.41) is 0. The van der Waals surface area contributed by atoms with Crippen LogP contribution >= 0.6 is 0 Å². The van der Waals surface area contributed by atoms with Crippen LogP contribution in [0.5, 0.6) is 0 Å². The highest BCUT2D eigenvalue weighted by molar-refractivity contribution is 5.88. The summed E-state index contributed by atoms with van der Waals surface area (Å²) in [6.07, 6.45) is 6.60. The van der Waals surface area contributed by atoms with E-state index in [0.717, 1.165) is 58.5 Å².